The Bertz CT molecular complexity index is 451. The Morgan fingerprint density at radius 2 is 2.18 bits per heavy atom. The van der Waals surface area contributed by atoms with Crippen molar-refractivity contribution in [3.63, 3.8) is 0 Å². The monoisotopic (exact) mass is 378 g/mol. The molecule has 92 valence electrons. The van der Waals surface area contributed by atoms with E-state index in [1.165, 1.54) is 0 Å². The molecule has 0 heterocycles. The van der Waals surface area contributed by atoms with Gasteiger partial charge in [-0.25, -0.2) is 0 Å². The summed E-state index contributed by atoms with van der Waals surface area (Å²) in [5.74, 6) is -0.151. The number of hydrogen-bond acceptors (Lipinski definition) is 2. The van der Waals surface area contributed by atoms with Crippen molar-refractivity contribution in [1.82, 2.24) is 5.32 Å². The molecular formula is C11H12Br2N2OS. The van der Waals surface area contributed by atoms with E-state index in [2.05, 4.69) is 37.2 Å². The van der Waals surface area contributed by atoms with E-state index in [1.54, 1.807) is 6.07 Å². The van der Waals surface area contributed by atoms with Gasteiger partial charge in [-0.2, -0.15) is 0 Å². The van der Waals surface area contributed by atoms with Crippen LogP contribution in [0, 0.1) is 0 Å². The third-order valence-corrected chi connectivity index (χ3v) is 3.41. The van der Waals surface area contributed by atoms with Gasteiger partial charge in [-0.1, -0.05) is 28.1 Å². The second-order valence-corrected chi connectivity index (χ2v) is 5.96. The van der Waals surface area contributed by atoms with Gasteiger partial charge in [-0.05, 0) is 41.1 Å². The third kappa shape index (κ3) is 4.73. The summed E-state index contributed by atoms with van der Waals surface area (Å²) in [6.45, 7) is 1.86. The smallest absolute Gasteiger partial charge is 0.252 e. The first-order chi connectivity index (χ1) is 7.90. The van der Waals surface area contributed by atoms with Crippen LogP contribution in [0.15, 0.2) is 27.1 Å². The fraction of sp³-hybridized carbons (Fsp3) is 0.273. The van der Waals surface area contributed by atoms with Crippen molar-refractivity contribution in [2.45, 2.75) is 19.4 Å². The van der Waals surface area contributed by atoms with Gasteiger partial charge >= 0.3 is 0 Å². The lowest BCUT2D eigenvalue weighted by molar-refractivity contribution is 0.0940. The summed E-state index contributed by atoms with van der Waals surface area (Å²) in [5.41, 5.74) is 6.00. The number of rotatable bonds is 4. The zero-order valence-corrected chi connectivity index (χ0v) is 13.2. The van der Waals surface area contributed by atoms with Crippen LogP contribution < -0.4 is 11.1 Å². The summed E-state index contributed by atoms with van der Waals surface area (Å²) >= 11 is 11.5. The number of carbonyl (C=O) groups is 1. The minimum Gasteiger partial charge on any atom is -0.393 e. The molecule has 0 bridgehead atoms. The quantitative estimate of drug-likeness (QED) is 0.790. The van der Waals surface area contributed by atoms with E-state index in [9.17, 15) is 4.79 Å². The summed E-state index contributed by atoms with van der Waals surface area (Å²) < 4.78 is 1.61. The molecule has 1 amide bonds. The van der Waals surface area contributed by atoms with E-state index < -0.39 is 0 Å². The molecule has 0 aliphatic carbocycles. The lowest BCUT2D eigenvalue weighted by Gasteiger charge is -2.13. The molecule has 17 heavy (non-hydrogen) atoms. The Morgan fingerprint density at radius 3 is 2.76 bits per heavy atom. The molecule has 0 radical (unpaired) electrons. The zero-order valence-electron chi connectivity index (χ0n) is 9.17. The fourth-order valence-electron chi connectivity index (χ4n) is 1.33. The van der Waals surface area contributed by atoms with Crippen molar-refractivity contribution in [3.05, 3.63) is 32.7 Å². The van der Waals surface area contributed by atoms with Crippen LogP contribution in [0.5, 0.6) is 0 Å². The van der Waals surface area contributed by atoms with E-state index >= 15 is 0 Å². The normalized spacial score (nSPS) is 11.9. The summed E-state index contributed by atoms with van der Waals surface area (Å²) in [7, 11) is 0. The standard InChI is InChI=1S/C11H12Br2N2OS/c1-6(4-10(14)17)15-11(16)8-5-7(12)2-3-9(8)13/h2-3,5-6H,4H2,1H3,(H2,14,17)(H,15,16). The van der Waals surface area contributed by atoms with Gasteiger partial charge in [-0.3, -0.25) is 4.79 Å². The van der Waals surface area contributed by atoms with Crippen LogP contribution in [0.1, 0.15) is 23.7 Å². The van der Waals surface area contributed by atoms with Crippen LogP contribution in [0.3, 0.4) is 0 Å². The van der Waals surface area contributed by atoms with Gasteiger partial charge in [0, 0.05) is 21.4 Å². The predicted molar refractivity (Wildman–Crippen MR) is 80.2 cm³/mol. The maximum absolute atomic E-state index is 12.0. The van der Waals surface area contributed by atoms with Gasteiger partial charge in [-0.15, -0.1) is 0 Å². The second-order valence-electron chi connectivity index (χ2n) is 3.67. The number of benzene rings is 1. The van der Waals surface area contributed by atoms with E-state index in [1.807, 2.05) is 19.1 Å². The molecule has 0 saturated heterocycles. The molecule has 0 fully saturated rings. The molecule has 1 aromatic carbocycles. The number of halogens is 2. The molecule has 1 unspecified atom stereocenters. The first-order valence-electron chi connectivity index (χ1n) is 4.94. The van der Waals surface area contributed by atoms with Crippen LogP contribution >= 0.6 is 44.1 Å². The van der Waals surface area contributed by atoms with E-state index in [-0.39, 0.29) is 11.9 Å². The van der Waals surface area contributed by atoms with Crippen molar-refractivity contribution in [1.29, 1.82) is 0 Å². The molecule has 0 aromatic heterocycles. The van der Waals surface area contributed by atoms with Crippen LogP contribution in [-0.2, 0) is 0 Å². The number of hydrogen-bond donors (Lipinski definition) is 2. The highest BCUT2D eigenvalue weighted by molar-refractivity contribution is 9.11. The summed E-state index contributed by atoms with van der Waals surface area (Å²) in [4.78, 5) is 12.4. The average molecular weight is 380 g/mol. The largest absolute Gasteiger partial charge is 0.393 e. The maximum atomic E-state index is 12.0. The lowest BCUT2D eigenvalue weighted by atomic mass is 10.2. The molecular weight excluding hydrogens is 368 g/mol. The molecule has 1 rings (SSSR count). The van der Waals surface area contributed by atoms with Crippen LogP contribution in [0.25, 0.3) is 0 Å². The van der Waals surface area contributed by atoms with Gasteiger partial charge in [0.05, 0.1) is 10.6 Å². The lowest BCUT2D eigenvalue weighted by Crippen LogP contribution is -2.35. The topological polar surface area (TPSA) is 55.1 Å². The Hall–Kier alpha value is -0.460. The number of carbonyl (C=O) groups excluding carboxylic acids is 1. The number of nitrogens with two attached hydrogens (primary N) is 1. The molecule has 1 aromatic rings. The minimum atomic E-state index is -0.151. The van der Waals surface area contributed by atoms with Crippen LogP contribution in [0.4, 0.5) is 0 Å². The fourth-order valence-corrected chi connectivity index (χ4v) is 2.36. The van der Waals surface area contributed by atoms with Gasteiger partial charge in [0.25, 0.3) is 5.91 Å². The summed E-state index contributed by atoms with van der Waals surface area (Å²) in [6.07, 6.45) is 0.493. The second kappa shape index (κ2) is 6.47. The van der Waals surface area contributed by atoms with Gasteiger partial charge in [0.2, 0.25) is 0 Å². The van der Waals surface area contributed by atoms with Crippen molar-refractivity contribution in [2.24, 2.45) is 5.73 Å². The van der Waals surface area contributed by atoms with Gasteiger partial charge in [0.15, 0.2) is 0 Å². The van der Waals surface area contributed by atoms with E-state index in [0.29, 0.717) is 17.0 Å². The molecule has 6 heteroatoms. The molecule has 0 saturated carbocycles. The van der Waals surface area contributed by atoms with Crippen molar-refractivity contribution >= 4 is 55.0 Å². The van der Waals surface area contributed by atoms with Gasteiger partial charge in [0.1, 0.15) is 0 Å². The summed E-state index contributed by atoms with van der Waals surface area (Å²) in [5, 5.41) is 2.84. The van der Waals surface area contributed by atoms with E-state index in [0.717, 1.165) is 8.95 Å². The first-order valence-corrected chi connectivity index (χ1v) is 6.93. The van der Waals surface area contributed by atoms with Crippen molar-refractivity contribution in [2.75, 3.05) is 0 Å². The van der Waals surface area contributed by atoms with Crippen molar-refractivity contribution in [3.8, 4) is 0 Å². The highest BCUT2D eigenvalue weighted by atomic mass is 79.9. The molecule has 0 aliphatic heterocycles. The molecule has 0 spiro atoms. The third-order valence-electron chi connectivity index (χ3n) is 2.06. The Kier molecular flexibility index (Phi) is 5.55. The SMILES string of the molecule is CC(CC(N)=S)NC(=O)c1cc(Br)ccc1Br. The molecule has 1 atom stereocenters. The number of thiocarbonyl (C=S) groups is 1. The van der Waals surface area contributed by atoms with Crippen molar-refractivity contribution < 1.29 is 4.79 Å². The molecule has 3 nitrogen and oxygen atoms in total. The Labute approximate surface area is 122 Å². The predicted octanol–water partition coefficient (Wildman–Crippen LogP) is 3.01. The molecule has 0 aliphatic rings. The Balaban J connectivity index is 2.76. The Morgan fingerprint density at radius 1 is 1.53 bits per heavy atom. The van der Waals surface area contributed by atoms with Crippen LogP contribution in [0.2, 0.25) is 0 Å². The highest BCUT2D eigenvalue weighted by Gasteiger charge is 2.13. The number of amides is 1. The highest BCUT2D eigenvalue weighted by Crippen LogP contribution is 2.21. The van der Waals surface area contributed by atoms with Gasteiger partial charge < -0.3 is 11.1 Å². The maximum Gasteiger partial charge on any atom is 0.252 e. The minimum absolute atomic E-state index is 0.0779. The van der Waals surface area contributed by atoms with Crippen LogP contribution in [-0.4, -0.2) is 16.9 Å². The average Bonchev–Trinajstić information content (AvgIpc) is 2.20. The van der Waals surface area contributed by atoms with E-state index in [4.69, 9.17) is 18.0 Å². The molecule has 3 N–H and O–H groups in total. The zero-order chi connectivity index (χ0) is 13.0. The first kappa shape index (κ1) is 14.6. The number of nitrogens with one attached hydrogen (secondary N) is 1. The summed E-state index contributed by atoms with van der Waals surface area (Å²) in [6, 6.07) is 5.36.